The smallest absolute Gasteiger partial charge is 0.118 e. The molecule has 2 heteroatoms. The van der Waals surface area contributed by atoms with Crippen molar-refractivity contribution in [2.45, 2.75) is 19.8 Å². The van der Waals surface area contributed by atoms with Crippen LogP contribution >= 0.6 is 11.6 Å². The number of aromatic hydroxyl groups is 1. The molecule has 0 fully saturated rings. The maximum absolute atomic E-state index is 9.42. The number of halogens is 1. The third-order valence-electron chi connectivity index (χ3n) is 1.81. The molecular formula is C10H13ClO. The van der Waals surface area contributed by atoms with Crippen molar-refractivity contribution < 1.29 is 5.11 Å². The molecule has 0 aliphatic heterocycles. The lowest BCUT2D eigenvalue weighted by Gasteiger charge is -2.03. The van der Waals surface area contributed by atoms with Crippen molar-refractivity contribution in [2.75, 3.05) is 5.88 Å². The molecule has 0 bridgehead atoms. The Morgan fingerprint density at radius 1 is 1.42 bits per heavy atom. The maximum atomic E-state index is 9.42. The SMILES string of the molecule is Cc1ccc(O)c(CCCCl)c1. The van der Waals surface area contributed by atoms with Crippen LogP contribution in [0.2, 0.25) is 0 Å². The monoisotopic (exact) mass is 184 g/mol. The molecule has 0 saturated heterocycles. The van der Waals surface area contributed by atoms with Gasteiger partial charge in [-0.2, -0.15) is 0 Å². The zero-order chi connectivity index (χ0) is 8.97. The lowest BCUT2D eigenvalue weighted by atomic mass is 10.1. The van der Waals surface area contributed by atoms with Crippen LogP contribution in [0.1, 0.15) is 17.5 Å². The van der Waals surface area contributed by atoms with Crippen molar-refractivity contribution >= 4 is 11.6 Å². The van der Waals surface area contributed by atoms with Crippen LogP contribution in [-0.4, -0.2) is 11.0 Å². The lowest BCUT2D eigenvalue weighted by molar-refractivity contribution is 0.467. The predicted molar refractivity (Wildman–Crippen MR) is 51.9 cm³/mol. The molecule has 0 aromatic heterocycles. The van der Waals surface area contributed by atoms with Crippen LogP contribution < -0.4 is 0 Å². The highest BCUT2D eigenvalue weighted by Gasteiger charge is 1.99. The van der Waals surface area contributed by atoms with Gasteiger partial charge in [0.25, 0.3) is 0 Å². The Morgan fingerprint density at radius 3 is 2.83 bits per heavy atom. The summed E-state index contributed by atoms with van der Waals surface area (Å²) in [6, 6.07) is 5.64. The van der Waals surface area contributed by atoms with Crippen molar-refractivity contribution in [3.63, 3.8) is 0 Å². The molecule has 1 N–H and O–H groups in total. The first-order chi connectivity index (χ1) is 5.74. The minimum Gasteiger partial charge on any atom is -0.508 e. The number of phenolic OH excluding ortho intramolecular Hbond substituents is 1. The van der Waals surface area contributed by atoms with Gasteiger partial charge in [-0.1, -0.05) is 17.7 Å². The Hall–Kier alpha value is -0.690. The molecule has 0 aliphatic carbocycles. The summed E-state index contributed by atoms with van der Waals surface area (Å²) in [5, 5.41) is 9.42. The molecule has 1 rings (SSSR count). The fraction of sp³-hybridized carbons (Fsp3) is 0.400. The summed E-state index contributed by atoms with van der Waals surface area (Å²) >= 11 is 5.56. The van der Waals surface area contributed by atoms with Gasteiger partial charge in [0, 0.05) is 5.88 Å². The summed E-state index contributed by atoms with van der Waals surface area (Å²) in [6.45, 7) is 2.02. The highest BCUT2D eigenvalue weighted by Crippen LogP contribution is 2.19. The van der Waals surface area contributed by atoms with Gasteiger partial charge in [-0.25, -0.2) is 0 Å². The number of hydrogen-bond donors (Lipinski definition) is 1. The predicted octanol–water partition coefficient (Wildman–Crippen LogP) is 2.87. The fourth-order valence-corrected chi connectivity index (χ4v) is 1.31. The number of aryl methyl sites for hydroxylation is 2. The van der Waals surface area contributed by atoms with E-state index in [2.05, 4.69) is 0 Å². The zero-order valence-electron chi connectivity index (χ0n) is 7.18. The normalized spacial score (nSPS) is 10.2. The van der Waals surface area contributed by atoms with Crippen molar-refractivity contribution in [2.24, 2.45) is 0 Å². The number of alkyl halides is 1. The Labute approximate surface area is 78.0 Å². The van der Waals surface area contributed by atoms with Crippen LogP contribution in [0.3, 0.4) is 0 Å². The minimum atomic E-state index is 0.380. The van der Waals surface area contributed by atoms with E-state index in [1.165, 1.54) is 5.56 Å². The van der Waals surface area contributed by atoms with Gasteiger partial charge in [-0.05, 0) is 31.4 Å². The molecule has 0 radical (unpaired) electrons. The molecule has 0 atom stereocenters. The molecule has 0 saturated carbocycles. The molecule has 0 unspecified atom stereocenters. The number of hydrogen-bond acceptors (Lipinski definition) is 1. The van der Waals surface area contributed by atoms with Crippen molar-refractivity contribution in [3.05, 3.63) is 29.3 Å². The first-order valence-corrected chi connectivity index (χ1v) is 4.62. The van der Waals surface area contributed by atoms with E-state index in [4.69, 9.17) is 11.6 Å². The van der Waals surface area contributed by atoms with Crippen LogP contribution in [0.5, 0.6) is 5.75 Å². The fourth-order valence-electron chi connectivity index (χ4n) is 1.17. The number of benzene rings is 1. The highest BCUT2D eigenvalue weighted by molar-refractivity contribution is 6.17. The average Bonchev–Trinajstić information content (AvgIpc) is 2.07. The van der Waals surface area contributed by atoms with Gasteiger partial charge in [0.15, 0.2) is 0 Å². The molecule has 0 spiro atoms. The topological polar surface area (TPSA) is 20.2 Å². The van der Waals surface area contributed by atoms with Crippen LogP contribution in [0.25, 0.3) is 0 Å². The molecule has 1 aromatic carbocycles. The summed E-state index contributed by atoms with van der Waals surface area (Å²) in [4.78, 5) is 0. The van der Waals surface area contributed by atoms with Crippen LogP contribution in [-0.2, 0) is 6.42 Å². The first kappa shape index (κ1) is 9.40. The zero-order valence-corrected chi connectivity index (χ0v) is 7.93. The summed E-state index contributed by atoms with van der Waals surface area (Å²) in [5.41, 5.74) is 2.17. The minimum absolute atomic E-state index is 0.380. The van der Waals surface area contributed by atoms with Gasteiger partial charge in [0.1, 0.15) is 5.75 Å². The van der Waals surface area contributed by atoms with Crippen molar-refractivity contribution in [1.82, 2.24) is 0 Å². The van der Waals surface area contributed by atoms with E-state index >= 15 is 0 Å². The molecular weight excluding hydrogens is 172 g/mol. The van der Waals surface area contributed by atoms with Gasteiger partial charge >= 0.3 is 0 Å². The second kappa shape index (κ2) is 4.36. The molecule has 1 aromatic rings. The largest absolute Gasteiger partial charge is 0.508 e. The van der Waals surface area contributed by atoms with Crippen molar-refractivity contribution in [3.8, 4) is 5.75 Å². The Morgan fingerprint density at radius 2 is 2.17 bits per heavy atom. The molecule has 66 valence electrons. The van der Waals surface area contributed by atoms with Crippen molar-refractivity contribution in [1.29, 1.82) is 0 Å². The van der Waals surface area contributed by atoms with Crippen LogP contribution in [0.15, 0.2) is 18.2 Å². The average molecular weight is 185 g/mol. The lowest BCUT2D eigenvalue weighted by Crippen LogP contribution is -1.88. The summed E-state index contributed by atoms with van der Waals surface area (Å²) < 4.78 is 0. The Balaban J connectivity index is 2.75. The summed E-state index contributed by atoms with van der Waals surface area (Å²) in [7, 11) is 0. The van der Waals surface area contributed by atoms with Crippen LogP contribution in [0, 0.1) is 6.92 Å². The molecule has 0 heterocycles. The molecule has 0 amide bonds. The Kier molecular flexibility index (Phi) is 3.42. The van der Waals surface area contributed by atoms with Gasteiger partial charge in [-0.15, -0.1) is 11.6 Å². The van der Waals surface area contributed by atoms with Gasteiger partial charge in [0.2, 0.25) is 0 Å². The van der Waals surface area contributed by atoms with E-state index in [9.17, 15) is 5.11 Å². The van der Waals surface area contributed by atoms with E-state index in [-0.39, 0.29) is 0 Å². The standard InChI is InChI=1S/C10H13ClO/c1-8-4-5-10(12)9(7-8)3-2-6-11/h4-5,7,12H,2-3,6H2,1H3. The van der Waals surface area contributed by atoms with Gasteiger partial charge in [0.05, 0.1) is 0 Å². The summed E-state index contributed by atoms with van der Waals surface area (Å²) in [6.07, 6.45) is 1.77. The third-order valence-corrected chi connectivity index (χ3v) is 2.08. The Bertz CT molecular complexity index is 258. The quantitative estimate of drug-likeness (QED) is 0.717. The van der Waals surface area contributed by atoms with E-state index in [1.807, 2.05) is 19.1 Å². The molecule has 1 nitrogen and oxygen atoms in total. The summed E-state index contributed by atoms with van der Waals surface area (Å²) in [5.74, 6) is 1.03. The second-order valence-electron chi connectivity index (χ2n) is 2.92. The van der Waals surface area contributed by atoms with Gasteiger partial charge in [-0.3, -0.25) is 0 Å². The third kappa shape index (κ3) is 2.42. The number of rotatable bonds is 3. The second-order valence-corrected chi connectivity index (χ2v) is 3.30. The van der Waals surface area contributed by atoms with E-state index < -0.39 is 0 Å². The van der Waals surface area contributed by atoms with E-state index in [0.717, 1.165) is 18.4 Å². The number of phenols is 1. The van der Waals surface area contributed by atoms with Gasteiger partial charge < -0.3 is 5.11 Å². The first-order valence-electron chi connectivity index (χ1n) is 4.08. The molecule has 12 heavy (non-hydrogen) atoms. The van der Waals surface area contributed by atoms with Crippen LogP contribution in [0.4, 0.5) is 0 Å². The van der Waals surface area contributed by atoms with E-state index in [0.29, 0.717) is 11.6 Å². The maximum Gasteiger partial charge on any atom is 0.118 e. The highest BCUT2D eigenvalue weighted by atomic mass is 35.5. The van der Waals surface area contributed by atoms with E-state index in [1.54, 1.807) is 6.07 Å². The molecule has 0 aliphatic rings.